The van der Waals surface area contributed by atoms with Crippen molar-refractivity contribution in [2.45, 2.75) is 33.2 Å². The van der Waals surface area contributed by atoms with Gasteiger partial charge in [0.1, 0.15) is 5.76 Å². The van der Waals surface area contributed by atoms with E-state index in [0.717, 1.165) is 24.3 Å². The monoisotopic (exact) mass is 233 g/mol. The van der Waals surface area contributed by atoms with Crippen molar-refractivity contribution in [1.82, 2.24) is 5.32 Å². The molecule has 2 nitrogen and oxygen atoms in total. The van der Waals surface area contributed by atoms with Crippen LogP contribution in [-0.2, 0) is 4.74 Å². The lowest BCUT2D eigenvalue weighted by molar-refractivity contribution is 0.299. The highest BCUT2D eigenvalue weighted by Gasteiger charge is 2.09. The van der Waals surface area contributed by atoms with Crippen molar-refractivity contribution in [2.75, 3.05) is 13.2 Å². The average Bonchev–Trinajstić information content (AvgIpc) is 2.36. The molecule has 0 aliphatic rings. The lowest BCUT2D eigenvalue weighted by Crippen LogP contribution is -2.20. The molecule has 0 saturated carbocycles. The fraction of sp³-hybridized carbons (Fsp3) is 0.467. The number of nitrogens with one attached hydrogen (secondary N) is 1. The minimum absolute atomic E-state index is 0.411. The zero-order valence-corrected chi connectivity index (χ0v) is 11.1. The summed E-state index contributed by atoms with van der Waals surface area (Å²) in [5.74, 6) is 0.751. The Labute approximate surface area is 105 Å². The van der Waals surface area contributed by atoms with Gasteiger partial charge in [0.15, 0.2) is 0 Å². The van der Waals surface area contributed by atoms with Gasteiger partial charge in [-0.2, -0.15) is 0 Å². The number of ether oxygens (including phenoxy) is 1. The SMILES string of the molecule is C=C(OCC)c1cccc(C(CC)NCC)c1. The van der Waals surface area contributed by atoms with E-state index in [1.54, 1.807) is 0 Å². The molecular weight excluding hydrogens is 210 g/mol. The maximum atomic E-state index is 5.44. The Balaban J connectivity index is 2.87. The predicted octanol–water partition coefficient (Wildman–Crippen LogP) is 3.75. The van der Waals surface area contributed by atoms with Crippen molar-refractivity contribution < 1.29 is 4.74 Å². The summed E-state index contributed by atoms with van der Waals surface area (Å²) in [4.78, 5) is 0. The molecule has 1 unspecified atom stereocenters. The highest BCUT2D eigenvalue weighted by Crippen LogP contribution is 2.21. The van der Waals surface area contributed by atoms with Gasteiger partial charge in [-0.25, -0.2) is 0 Å². The largest absolute Gasteiger partial charge is 0.494 e. The third-order valence-corrected chi connectivity index (χ3v) is 2.79. The Morgan fingerprint density at radius 3 is 2.71 bits per heavy atom. The summed E-state index contributed by atoms with van der Waals surface area (Å²) in [6, 6.07) is 8.83. The highest BCUT2D eigenvalue weighted by molar-refractivity contribution is 5.58. The lowest BCUT2D eigenvalue weighted by atomic mass is 10.0. The topological polar surface area (TPSA) is 21.3 Å². The van der Waals surface area contributed by atoms with Crippen molar-refractivity contribution in [3.05, 3.63) is 42.0 Å². The van der Waals surface area contributed by atoms with Gasteiger partial charge >= 0.3 is 0 Å². The third-order valence-electron chi connectivity index (χ3n) is 2.79. The van der Waals surface area contributed by atoms with Crippen LogP contribution < -0.4 is 5.32 Å². The van der Waals surface area contributed by atoms with Gasteiger partial charge in [0.2, 0.25) is 0 Å². The second kappa shape index (κ2) is 7.13. The Bertz CT molecular complexity index is 360. The van der Waals surface area contributed by atoms with Crippen molar-refractivity contribution in [1.29, 1.82) is 0 Å². The maximum Gasteiger partial charge on any atom is 0.119 e. The van der Waals surface area contributed by atoms with Gasteiger partial charge in [-0.05, 0) is 31.5 Å². The van der Waals surface area contributed by atoms with E-state index in [1.165, 1.54) is 5.56 Å². The zero-order valence-electron chi connectivity index (χ0n) is 11.1. The first-order valence-electron chi connectivity index (χ1n) is 6.38. The summed E-state index contributed by atoms with van der Waals surface area (Å²) in [6.07, 6.45) is 1.08. The van der Waals surface area contributed by atoms with Crippen LogP contribution in [0.15, 0.2) is 30.8 Å². The molecule has 1 aromatic rings. The van der Waals surface area contributed by atoms with E-state index < -0.39 is 0 Å². The van der Waals surface area contributed by atoms with Gasteiger partial charge in [0, 0.05) is 11.6 Å². The van der Waals surface area contributed by atoms with E-state index in [2.05, 4.69) is 43.9 Å². The molecule has 0 aromatic heterocycles. The van der Waals surface area contributed by atoms with Crippen LogP contribution in [-0.4, -0.2) is 13.2 Å². The van der Waals surface area contributed by atoms with Gasteiger partial charge < -0.3 is 10.1 Å². The zero-order chi connectivity index (χ0) is 12.7. The summed E-state index contributed by atoms with van der Waals surface area (Å²) >= 11 is 0. The van der Waals surface area contributed by atoms with Gasteiger partial charge in [-0.1, -0.05) is 38.6 Å². The minimum atomic E-state index is 0.411. The number of rotatable bonds is 7. The second-order valence-electron chi connectivity index (χ2n) is 4.00. The molecule has 0 heterocycles. The molecule has 1 N–H and O–H groups in total. The average molecular weight is 233 g/mol. The molecule has 0 amide bonds. The van der Waals surface area contributed by atoms with Crippen molar-refractivity contribution in [3.8, 4) is 0 Å². The quantitative estimate of drug-likeness (QED) is 0.724. The fourth-order valence-electron chi connectivity index (χ4n) is 1.93. The maximum absolute atomic E-state index is 5.44. The molecule has 0 radical (unpaired) electrons. The van der Waals surface area contributed by atoms with E-state index in [0.29, 0.717) is 12.6 Å². The summed E-state index contributed by atoms with van der Waals surface area (Å²) < 4.78 is 5.44. The van der Waals surface area contributed by atoms with E-state index >= 15 is 0 Å². The van der Waals surface area contributed by atoms with Crippen LogP contribution >= 0.6 is 0 Å². The van der Waals surface area contributed by atoms with Gasteiger partial charge in [-0.15, -0.1) is 0 Å². The van der Waals surface area contributed by atoms with E-state index in [-0.39, 0.29) is 0 Å². The van der Waals surface area contributed by atoms with Crippen molar-refractivity contribution in [2.24, 2.45) is 0 Å². The van der Waals surface area contributed by atoms with Crippen molar-refractivity contribution >= 4 is 5.76 Å². The fourth-order valence-corrected chi connectivity index (χ4v) is 1.93. The Morgan fingerprint density at radius 2 is 2.12 bits per heavy atom. The molecule has 0 spiro atoms. The van der Waals surface area contributed by atoms with Crippen LogP contribution in [0.5, 0.6) is 0 Å². The summed E-state index contributed by atoms with van der Waals surface area (Å²) in [6.45, 7) is 11.9. The number of benzene rings is 1. The molecule has 1 atom stereocenters. The molecular formula is C15H23NO. The third kappa shape index (κ3) is 3.90. The van der Waals surface area contributed by atoms with Gasteiger partial charge in [-0.3, -0.25) is 0 Å². The lowest BCUT2D eigenvalue weighted by Gasteiger charge is -2.17. The Hall–Kier alpha value is -1.28. The molecule has 17 heavy (non-hydrogen) atoms. The number of hydrogen-bond acceptors (Lipinski definition) is 2. The summed E-state index contributed by atoms with van der Waals surface area (Å²) in [7, 11) is 0. The Morgan fingerprint density at radius 1 is 1.35 bits per heavy atom. The first-order chi connectivity index (χ1) is 8.22. The van der Waals surface area contributed by atoms with Crippen LogP contribution in [0.3, 0.4) is 0 Å². The smallest absolute Gasteiger partial charge is 0.119 e. The molecule has 1 rings (SSSR count). The summed E-state index contributed by atoms with van der Waals surface area (Å²) in [5, 5.41) is 3.48. The van der Waals surface area contributed by atoms with Crippen LogP contribution in [0, 0.1) is 0 Å². The second-order valence-corrected chi connectivity index (χ2v) is 4.00. The molecule has 2 heteroatoms. The molecule has 94 valence electrons. The Kier molecular flexibility index (Phi) is 5.78. The molecule has 1 aromatic carbocycles. The first-order valence-corrected chi connectivity index (χ1v) is 6.38. The van der Waals surface area contributed by atoms with E-state index in [9.17, 15) is 0 Å². The molecule has 0 saturated heterocycles. The van der Waals surface area contributed by atoms with Crippen LogP contribution in [0.2, 0.25) is 0 Å². The number of hydrogen-bond donors (Lipinski definition) is 1. The van der Waals surface area contributed by atoms with Crippen LogP contribution in [0.1, 0.15) is 44.4 Å². The predicted molar refractivity (Wildman–Crippen MR) is 73.8 cm³/mol. The summed E-state index contributed by atoms with van der Waals surface area (Å²) in [5.41, 5.74) is 2.37. The van der Waals surface area contributed by atoms with Gasteiger partial charge in [0.25, 0.3) is 0 Å². The normalized spacial score (nSPS) is 12.2. The van der Waals surface area contributed by atoms with E-state index in [1.807, 2.05) is 13.0 Å². The van der Waals surface area contributed by atoms with Crippen molar-refractivity contribution in [3.63, 3.8) is 0 Å². The molecule has 0 fully saturated rings. The van der Waals surface area contributed by atoms with Crippen LogP contribution in [0.25, 0.3) is 5.76 Å². The standard InChI is InChI=1S/C15H23NO/c1-5-15(16-6-2)14-10-8-9-13(11-14)12(4)17-7-3/h8-11,15-16H,4-7H2,1-3H3. The highest BCUT2D eigenvalue weighted by atomic mass is 16.5. The van der Waals surface area contributed by atoms with Crippen LogP contribution in [0.4, 0.5) is 0 Å². The minimum Gasteiger partial charge on any atom is -0.494 e. The van der Waals surface area contributed by atoms with E-state index in [4.69, 9.17) is 4.74 Å². The molecule has 0 bridgehead atoms. The van der Waals surface area contributed by atoms with Gasteiger partial charge in [0.05, 0.1) is 6.61 Å². The first kappa shape index (κ1) is 13.8. The molecule has 0 aliphatic heterocycles. The molecule has 0 aliphatic carbocycles.